The molecule has 1 fully saturated rings. The number of carbonyl (C=O) groups is 2. The molecule has 1 saturated heterocycles. The summed E-state index contributed by atoms with van der Waals surface area (Å²) in [6.45, 7) is 0.970. The van der Waals surface area contributed by atoms with E-state index in [0.717, 1.165) is 12.8 Å². The van der Waals surface area contributed by atoms with Gasteiger partial charge in [0.2, 0.25) is 5.91 Å². The molecule has 0 spiro atoms. The minimum absolute atomic E-state index is 0. The van der Waals surface area contributed by atoms with E-state index in [0.29, 0.717) is 29.4 Å². The summed E-state index contributed by atoms with van der Waals surface area (Å²) in [4.78, 5) is 25.2. The Balaban J connectivity index is 0.00000200. The van der Waals surface area contributed by atoms with Gasteiger partial charge in [-0.3, -0.25) is 9.59 Å². The molecule has 1 heterocycles. The van der Waals surface area contributed by atoms with Crippen LogP contribution in [0.5, 0.6) is 0 Å². The van der Waals surface area contributed by atoms with Crippen LogP contribution < -0.4 is 11.5 Å². The third-order valence-electron chi connectivity index (χ3n) is 3.33. The molecule has 5 nitrogen and oxygen atoms in total. The lowest BCUT2D eigenvalue weighted by atomic mass is 9.97. The number of primary amides is 1. The Morgan fingerprint density at radius 3 is 2.65 bits per heavy atom. The van der Waals surface area contributed by atoms with Crippen LogP contribution in [0.25, 0.3) is 0 Å². The van der Waals surface area contributed by atoms with Crippen LogP contribution in [0.15, 0.2) is 18.2 Å². The number of carbonyl (C=O) groups excluding carboxylic acids is 2. The fourth-order valence-electron chi connectivity index (χ4n) is 2.27. The Morgan fingerprint density at radius 2 is 2.05 bits per heavy atom. The number of nitrogens with two attached hydrogens (primary N) is 2. The number of nitrogen functional groups attached to an aromatic ring is 1. The highest BCUT2D eigenvalue weighted by molar-refractivity contribution is 6.34. The van der Waals surface area contributed by atoms with Crippen molar-refractivity contribution in [1.82, 2.24) is 4.90 Å². The summed E-state index contributed by atoms with van der Waals surface area (Å²) in [5, 5.41) is 0.325. The summed E-state index contributed by atoms with van der Waals surface area (Å²) in [6, 6.07) is 4.78. The lowest BCUT2D eigenvalue weighted by Crippen LogP contribution is -2.44. The minimum Gasteiger partial charge on any atom is -0.399 e. The van der Waals surface area contributed by atoms with Crippen molar-refractivity contribution in [3.8, 4) is 0 Å². The molecule has 2 amide bonds. The molecule has 1 unspecified atom stereocenters. The van der Waals surface area contributed by atoms with Gasteiger partial charge in [-0.25, -0.2) is 0 Å². The third kappa shape index (κ3) is 3.55. The first-order valence-electron chi connectivity index (χ1n) is 6.12. The van der Waals surface area contributed by atoms with Gasteiger partial charge < -0.3 is 16.4 Å². The largest absolute Gasteiger partial charge is 0.399 e. The summed E-state index contributed by atoms with van der Waals surface area (Å²) in [5.74, 6) is -0.817. The van der Waals surface area contributed by atoms with Crippen molar-refractivity contribution in [1.29, 1.82) is 0 Å². The molecule has 4 N–H and O–H groups in total. The van der Waals surface area contributed by atoms with Gasteiger partial charge in [0.05, 0.1) is 16.5 Å². The lowest BCUT2D eigenvalue weighted by molar-refractivity contribution is -0.123. The monoisotopic (exact) mass is 317 g/mol. The highest BCUT2D eigenvalue weighted by atomic mass is 35.5. The molecule has 1 aliphatic heterocycles. The van der Waals surface area contributed by atoms with Crippen LogP contribution in [-0.2, 0) is 4.79 Å². The molecule has 1 aromatic rings. The van der Waals surface area contributed by atoms with Crippen LogP contribution in [0.4, 0.5) is 5.69 Å². The summed E-state index contributed by atoms with van der Waals surface area (Å²) in [5.41, 5.74) is 11.8. The number of rotatable bonds is 2. The van der Waals surface area contributed by atoms with Gasteiger partial charge >= 0.3 is 0 Å². The molecule has 1 aliphatic rings. The van der Waals surface area contributed by atoms with Gasteiger partial charge in [0.1, 0.15) is 0 Å². The third-order valence-corrected chi connectivity index (χ3v) is 3.65. The van der Waals surface area contributed by atoms with Crippen LogP contribution in [0.1, 0.15) is 23.2 Å². The number of anilines is 1. The van der Waals surface area contributed by atoms with Crippen molar-refractivity contribution in [2.45, 2.75) is 12.8 Å². The number of hydrogen-bond donors (Lipinski definition) is 2. The number of hydrogen-bond acceptors (Lipinski definition) is 3. The van der Waals surface area contributed by atoms with Gasteiger partial charge in [0, 0.05) is 18.8 Å². The molecule has 1 aromatic carbocycles. The number of piperidine rings is 1. The maximum atomic E-state index is 12.3. The smallest absolute Gasteiger partial charge is 0.255 e. The Labute approximate surface area is 128 Å². The zero-order chi connectivity index (χ0) is 14.0. The molecule has 0 aliphatic carbocycles. The van der Waals surface area contributed by atoms with Crippen molar-refractivity contribution in [3.63, 3.8) is 0 Å². The Hall–Kier alpha value is -1.46. The van der Waals surface area contributed by atoms with E-state index < -0.39 is 0 Å². The maximum Gasteiger partial charge on any atom is 0.255 e. The second-order valence-electron chi connectivity index (χ2n) is 4.73. The van der Waals surface area contributed by atoms with Gasteiger partial charge in [-0.2, -0.15) is 0 Å². The quantitative estimate of drug-likeness (QED) is 0.813. The Morgan fingerprint density at radius 1 is 1.35 bits per heavy atom. The van der Waals surface area contributed by atoms with Crippen molar-refractivity contribution in [2.24, 2.45) is 11.7 Å². The van der Waals surface area contributed by atoms with Crippen LogP contribution in [0.3, 0.4) is 0 Å². The molecule has 110 valence electrons. The molecule has 1 atom stereocenters. The van der Waals surface area contributed by atoms with Gasteiger partial charge in [-0.15, -0.1) is 12.4 Å². The van der Waals surface area contributed by atoms with Crippen LogP contribution in [0, 0.1) is 5.92 Å². The predicted molar refractivity (Wildman–Crippen MR) is 80.9 cm³/mol. The molecule has 2 rings (SSSR count). The number of nitrogens with zero attached hydrogens (tertiary/aromatic N) is 1. The first-order valence-corrected chi connectivity index (χ1v) is 6.50. The standard InChI is InChI=1S/C13H16ClN3O2.ClH/c14-11-6-9(15)3-4-10(11)13(19)17-5-1-2-8(7-17)12(16)18;/h3-4,6,8H,1-2,5,7,15H2,(H2,16,18);1H. The normalized spacial score (nSPS) is 18.2. The average molecular weight is 318 g/mol. The van der Waals surface area contributed by atoms with E-state index in [1.54, 1.807) is 23.1 Å². The van der Waals surface area contributed by atoms with E-state index in [1.807, 2.05) is 0 Å². The van der Waals surface area contributed by atoms with Gasteiger partial charge in [0.25, 0.3) is 5.91 Å². The molecule has 0 bridgehead atoms. The molecule has 0 saturated carbocycles. The van der Waals surface area contributed by atoms with Crippen molar-refractivity contribution >= 4 is 41.5 Å². The van der Waals surface area contributed by atoms with Crippen LogP contribution >= 0.6 is 24.0 Å². The van der Waals surface area contributed by atoms with E-state index in [-0.39, 0.29) is 30.1 Å². The van der Waals surface area contributed by atoms with Crippen molar-refractivity contribution in [2.75, 3.05) is 18.8 Å². The summed E-state index contributed by atoms with van der Waals surface area (Å²) in [7, 11) is 0. The summed E-state index contributed by atoms with van der Waals surface area (Å²) >= 11 is 6.02. The number of amides is 2. The van der Waals surface area contributed by atoms with Crippen LogP contribution in [-0.4, -0.2) is 29.8 Å². The van der Waals surface area contributed by atoms with E-state index >= 15 is 0 Å². The first-order chi connectivity index (χ1) is 8.99. The molecule has 7 heteroatoms. The fraction of sp³-hybridized carbons (Fsp3) is 0.385. The van der Waals surface area contributed by atoms with E-state index in [1.165, 1.54) is 0 Å². The van der Waals surface area contributed by atoms with Gasteiger partial charge in [-0.1, -0.05) is 11.6 Å². The zero-order valence-electron chi connectivity index (χ0n) is 10.8. The zero-order valence-corrected chi connectivity index (χ0v) is 12.4. The number of likely N-dealkylation sites (tertiary alicyclic amines) is 1. The summed E-state index contributed by atoms with van der Waals surface area (Å²) < 4.78 is 0. The van der Waals surface area contributed by atoms with E-state index in [9.17, 15) is 9.59 Å². The lowest BCUT2D eigenvalue weighted by Gasteiger charge is -2.31. The van der Waals surface area contributed by atoms with Crippen LogP contribution in [0.2, 0.25) is 5.02 Å². The fourth-order valence-corrected chi connectivity index (χ4v) is 2.54. The SMILES string of the molecule is Cl.NC(=O)C1CCCN(C(=O)c2ccc(N)cc2Cl)C1. The molecular weight excluding hydrogens is 301 g/mol. The van der Waals surface area contributed by atoms with Gasteiger partial charge in [-0.05, 0) is 31.0 Å². The van der Waals surface area contributed by atoms with Crippen molar-refractivity contribution < 1.29 is 9.59 Å². The average Bonchev–Trinajstić information content (AvgIpc) is 2.38. The molecule has 20 heavy (non-hydrogen) atoms. The highest BCUT2D eigenvalue weighted by Crippen LogP contribution is 2.23. The topological polar surface area (TPSA) is 89.4 Å². The number of halogens is 2. The van der Waals surface area contributed by atoms with E-state index in [4.69, 9.17) is 23.1 Å². The minimum atomic E-state index is -0.360. The Bertz CT molecular complexity index is 522. The number of benzene rings is 1. The van der Waals surface area contributed by atoms with E-state index in [2.05, 4.69) is 0 Å². The molecule has 0 radical (unpaired) electrons. The maximum absolute atomic E-state index is 12.3. The second-order valence-corrected chi connectivity index (χ2v) is 5.14. The summed E-state index contributed by atoms with van der Waals surface area (Å²) in [6.07, 6.45) is 1.50. The molecule has 0 aromatic heterocycles. The van der Waals surface area contributed by atoms with Gasteiger partial charge in [0.15, 0.2) is 0 Å². The molecular formula is C13H17Cl2N3O2. The highest BCUT2D eigenvalue weighted by Gasteiger charge is 2.28. The predicted octanol–water partition coefficient (Wildman–Crippen LogP) is 1.68. The Kier molecular flexibility index (Phi) is 5.65. The second kappa shape index (κ2) is 6.81. The van der Waals surface area contributed by atoms with Crippen molar-refractivity contribution in [3.05, 3.63) is 28.8 Å². The first kappa shape index (κ1) is 16.6.